The van der Waals surface area contributed by atoms with E-state index in [-0.39, 0.29) is 17.1 Å². The van der Waals surface area contributed by atoms with Crippen LogP contribution in [0, 0.1) is 11.6 Å². The van der Waals surface area contributed by atoms with Gasteiger partial charge in [-0.25, -0.2) is 8.78 Å². The zero-order valence-electron chi connectivity index (χ0n) is 10.2. The molecule has 0 bridgehead atoms. The van der Waals surface area contributed by atoms with E-state index in [2.05, 4.69) is 0 Å². The lowest BCUT2D eigenvalue weighted by molar-refractivity contribution is 0.385. The zero-order chi connectivity index (χ0) is 13.8. The first-order valence-electron chi connectivity index (χ1n) is 5.57. The minimum Gasteiger partial charge on any atom is -0.494 e. The summed E-state index contributed by atoms with van der Waals surface area (Å²) in [6.45, 7) is 0. The third-order valence-corrected chi connectivity index (χ3v) is 3.96. The highest BCUT2D eigenvalue weighted by Gasteiger charge is 2.12. The molecule has 19 heavy (non-hydrogen) atoms. The number of hydrogen-bond acceptors (Lipinski definition) is 2. The molecule has 2 nitrogen and oxygen atoms in total. The summed E-state index contributed by atoms with van der Waals surface area (Å²) < 4.78 is 43.8. The average molecular weight is 282 g/mol. The number of benzene rings is 2. The highest BCUT2D eigenvalue weighted by Crippen LogP contribution is 2.22. The molecule has 0 heterocycles. The maximum absolute atomic E-state index is 13.9. The molecule has 0 saturated heterocycles. The highest BCUT2D eigenvalue weighted by molar-refractivity contribution is 7.84. The third-order valence-electron chi connectivity index (χ3n) is 2.61. The minimum absolute atomic E-state index is 0.0213. The normalized spacial score (nSPS) is 12.2. The Labute approximate surface area is 112 Å². The summed E-state index contributed by atoms with van der Waals surface area (Å²) in [7, 11) is -0.134. The molecular weight excluding hydrogens is 270 g/mol. The number of halogens is 2. The van der Waals surface area contributed by atoms with Crippen molar-refractivity contribution in [2.45, 2.75) is 10.6 Å². The van der Waals surface area contributed by atoms with Gasteiger partial charge in [-0.3, -0.25) is 4.21 Å². The molecule has 5 heteroatoms. The van der Waals surface area contributed by atoms with Crippen LogP contribution in [-0.4, -0.2) is 11.3 Å². The Bertz CT molecular complexity index is 614. The molecule has 0 N–H and O–H groups in total. The first kappa shape index (κ1) is 13.7. The van der Waals surface area contributed by atoms with Gasteiger partial charge in [0.1, 0.15) is 5.82 Å². The topological polar surface area (TPSA) is 26.3 Å². The molecule has 0 fully saturated rings. The summed E-state index contributed by atoms with van der Waals surface area (Å²) >= 11 is 0. The fraction of sp³-hybridized carbons (Fsp3) is 0.143. The van der Waals surface area contributed by atoms with Crippen molar-refractivity contribution in [2.24, 2.45) is 0 Å². The van der Waals surface area contributed by atoms with Crippen molar-refractivity contribution >= 4 is 10.8 Å². The predicted molar refractivity (Wildman–Crippen MR) is 69.5 cm³/mol. The number of ether oxygens (including phenoxy) is 1. The second-order valence-corrected chi connectivity index (χ2v) is 5.33. The molecule has 1 atom stereocenters. The van der Waals surface area contributed by atoms with Crippen LogP contribution in [0.4, 0.5) is 8.78 Å². The SMILES string of the molecule is COc1cccc(CS(=O)c2cccc(F)c2)c1F. The Morgan fingerprint density at radius 3 is 2.58 bits per heavy atom. The van der Waals surface area contributed by atoms with Gasteiger partial charge in [-0.2, -0.15) is 0 Å². The molecule has 0 aromatic heterocycles. The van der Waals surface area contributed by atoms with Gasteiger partial charge in [0.2, 0.25) is 0 Å². The average Bonchev–Trinajstić information content (AvgIpc) is 2.41. The van der Waals surface area contributed by atoms with Gasteiger partial charge in [-0.1, -0.05) is 18.2 Å². The molecule has 0 aliphatic rings. The monoisotopic (exact) mass is 282 g/mol. The van der Waals surface area contributed by atoms with E-state index in [1.165, 1.54) is 37.4 Å². The van der Waals surface area contributed by atoms with Crippen LogP contribution in [-0.2, 0) is 16.6 Å². The van der Waals surface area contributed by atoms with Gasteiger partial charge >= 0.3 is 0 Å². The number of rotatable bonds is 4. The first-order valence-corrected chi connectivity index (χ1v) is 6.89. The molecule has 0 spiro atoms. The van der Waals surface area contributed by atoms with Gasteiger partial charge < -0.3 is 4.74 Å². The van der Waals surface area contributed by atoms with Gasteiger partial charge in [0, 0.05) is 10.5 Å². The van der Waals surface area contributed by atoms with Crippen LogP contribution in [0.3, 0.4) is 0 Å². The number of hydrogen-bond donors (Lipinski definition) is 0. The Morgan fingerprint density at radius 2 is 1.89 bits per heavy atom. The maximum atomic E-state index is 13.9. The van der Waals surface area contributed by atoms with E-state index in [1.54, 1.807) is 12.1 Å². The molecule has 0 aliphatic carbocycles. The van der Waals surface area contributed by atoms with Crippen LogP contribution >= 0.6 is 0 Å². The smallest absolute Gasteiger partial charge is 0.169 e. The highest BCUT2D eigenvalue weighted by atomic mass is 32.2. The van der Waals surface area contributed by atoms with Gasteiger partial charge in [0.15, 0.2) is 11.6 Å². The lowest BCUT2D eigenvalue weighted by atomic mass is 10.2. The van der Waals surface area contributed by atoms with Crippen molar-refractivity contribution in [1.82, 2.24) is 0 Å². The summed E-state index contributed by atoms with van der Waals surface area (Å²) in [4.78, 5) is 0.335. The van der Waals surface area contributed by atoms with Crippen molar-refractivity contribution in [3.05, 3.63) is 59.7 Å². The fourth-order valence-corrected chi connectivity index (χ4v) is 2.81. The zero-order valence-corrected chi connectivity index (χ0v) is 11.0. The minimum atomic E-state index is -1.50. The third kappa shape index (κ3) is 3.17. The summed E-state index contributed by atoms with van der Waals surface area (Å²) in [6.07, 6.45) is 0. The van der Waals surface area contributed by atoms with E-state index < -0.39 is 22.4 Å². The predicted octanol–water partition coefficient (Wildman–Crippen LogP) is 3.28. The summed E-state index contributed by atoms with van der Waals surface area (Å²) in [5.74, 6) is -0.910. The fourth-order valence-electron chi connectivity index (χ4n) is 1.66. The molecule has 0 saturated carbocycles. The first-order chi connectivity index (χ1) is 9.11. The van der Waals surface area contributed by atoms with Gasteiger partial charge in [0.05, 0.1) is 23.7 Å². The van der Waals surface area contributed by atoms with Crippen molar-refractivity contribution in [2.75, 3.05) is 7.11 Å². The van der Waals surface area contributed by atoms with E-state index in [1.807, 2.05) is 0 Å². The van der Waals surface area contributed by atoms with E-state index >= 15 is 0 Å². The van der Waals surface area contributed by atoms with Crippen LogP contribution < -0.4 is 4.74 Å². The molecule has 100 valence electrons. The Balaban J connectivity index is 2.24. The molecule has 1 unspecified atom stereocenters. The lowest BCUT2D eigenvalue weighted by Gasteiger charge is -2.07. The number of methoxy groups -OCH3 is 1. The maximum Gasteiger partial charge on any atom is 0.169 e. The lowest BCUT2D eigenvalue weighted by Crippen LogP contribution is -2.01. The van der Waals surface area contributed by atoms with Gasteiger partial charge in [0.25, 0.3) is 0 Å². The van der Waals surface area contributed by atoms with E-state index in [9.17, 15) is 13.0 Å². The molecular formula is C14H12F2O2S. The Morgan fingerprint density at radius 1 is 1.16 bits per heavy atom. The Kier molecular flexibility index (Phi) is 4.27. The van der Waals surface area contributed by atoms with E-state index in [4.69, 9.17) is 4.74 Å². The molecule has 0 aliphatic heterocycles. The van der Waals surface area contributed by atoms with Crippen LogP contribution in [0.25, 0.3) is 0 Å². The molecule has 0 radical (unpaired) electrons. The molecule has 2 rings (SSSR count). The largest absolute Gasteiger partial charge is 0.494 e. The quantitative estimate of drug-likeness (QED) is 0.860. The van der Waals surface area contributed by atoms with E-state index in [0.717, 1.165) is 0 Å². The van der Waals surface area contributed by atoms with E-state index in [0.29, 0.717) is 4.90 Å². The molecule has 2 aromatic rings. The summed E-state index contributed by atoms with van der Waals surface area (Å²) in [5.41, 5.74) is 0.280. The van der Waals surface area contributed by atoms with Crippen molar-refractivity contribution in [1.29, 1.82) is 0 Å². The summed E-state index contributed by atoms with van der Waals surface area (Å²) in [6, 6.07) is 10.1. The second kappa shape index (κ2) is 5.93. The van der Waals surface area contributed by atoms with Gasteiger partial charge in [-0.05, 0) is 24.3 Å². The van der Waals surface area contributed by atoms with Crippen molar-refractivity contribution < 1.29 is 17.7 Å². The molecule has 0 amide bonds. The summed E-state index contributed by atoms with van der Waals surface area (Å²) in [5, 5.41) is 0. The van der Waals surface area contributed by atoms with Crippen LogP contribution in [0.5, 0.6) is 5.75 Å². The van der Waals surface area contributed by atoms with Crippen LogP contribution in [0.15, 0.2) is 47.4 Å². The van der Waals surface area contributed by atoms with Crippen molar-refractivity contribution in [3.8, 4) is 5.75 Å². The standard InChI is InChI=1S/C14H12F2O2S/c1-18-13-7-2-4-10(14(13)16)9-19(17)12-6-3-5-11(15)8-12/h2-8H,9H2,1H3. The van der Waals surface area contributed by atoms with Gasteiger partial charge in [-0.15, -0.1) is 0 Å². The Hall–Kier alpha value is -1.75. The van der Waals surface area contributed by atoms with Crippen molar-refractivity contribution in [3.63, 3.8) is 0 Å². The van der Waals surface area contributed by atoms with Crippen LogP contribution in [0.2, 0.25) is 0 Å². The van der Waals surface area contributed by atoms with Crippen LogP contribution in [0.1, 0.15) is 5.56 Å². The molecule has 2 aromatic carbocycles. The second-order valence-electron chi connectivity index (χ2n) is 3.88.